The van der Waals surface area contributed by atoms with Crippen LogP contribution in [0.3, 0.4) is 0 Å². The third kappa shape index (κ3) is 10.4. The SMILES string of the molecule is CC(C)c1cc(-c2ccccc2)cc(C(C)C)c1-c1ccc2c(c1)N(c1ccccc1O)[CH-]N2c1ccccc1O.[Ir].[c-]1c(-c2ccccn2)cc(-c2ccc(-c3ccccc3)cc2)cc1-c1ccccn1. The summed E-state index contributed by atoms with van der Waals surface area (Å²) in [7, 11) is 0. The van der Waals surface area contributed by atoms with Crippen LogP contribution in [0.15, 0.2) is 225 Å². The maximum absolute atomic E-state index is 10.8. The number of fused-ring (bicyclic) bond motifs is 1. The molecule has 3 heterocycles. The zero-order valence-electron chi connectivity index (χ0n) is 40.6. The summed E-state index contributed by atoms with van der Waals surface area (Å²) in [6.07, 6.45) is 3.62. The van der Waals surface area contributed by atoms with Gasteiger partial charge in [0.25, 0.3) is 0 Å². The van der Waals surface area contributed by atoms with Crippen LogP contribution in [0.1, 0.15) is 50.7 Å². The Kier molecular flexibility index (Phi) is 14.9. The fourth-order valence-corrected chi connectivity index (χ4v) is 9.31. The number of aromatic hydroxyl groups is 2. The van der Waals surface area contributed by atoms with Crippen molar-refractivity contribution in [3.05, 3.63) is 249 Å². The molecule has 8 aromatic carbocycles. The molecule has 0 saturated heterocycles. The Bertz CT molecular complexity index is 3330. The fourth-order valence-electron chi connectivity index (χ4n) is 9.31. The number of aromatic nitrogens is 2. The summed E-state index contributed by atoms with van der Waals surface area (Å²) in [6.45, 7) is 11.0. The predicted octanol–water partition coefficient (Wildman–Crippen LogP) is 17.0. The summed E-state index contributed by atoms with van der Waals surface area (Å²) in [6, 6.07) is 75.2. The van der Waals surface area contributed by atoms with Gasteiger partial charge < -0.3 is 20.0 Å². The van der Waals surface area contributed by atoms with E-state index in [2.05, 4.69) is 165 Å². The molecule has 0 unspecified atom stereocenters. The van der Waals surface area contributed by atoms with Crippen molar-refractivity contribution < 1.29 is 30.3 Å². The molecule has 7 heteroatoms. The van der Waals surface area contributed by atoms with E-state index in [4.69, 9.17) is 0 Å². The second-order valence-electron chi connectivity index (χ2n) is 18.3. The smallest absolute Gasteiger partial charge is 0.136 e. The van der Waals surface area contributed by atoms with Gasteiger partial charge in [0, 0.05) is 55.3 Å². The summed E-state index contributed by atoms with van der Waals surface area (Å²) in [5.41, 5.74) is 19.1. The number of hydrogen-bond donors (Lipinski definition) is 2. The van der Waals surface area contributed by atoms with Gasteiger partial charge in [-0.05, 0) is 110 Å². The van der Waals surface area contributed by atoms with Gasteiger partial charge in [0.2, 0.25) is 0 Å². The number of benzene rings is 8. The van der Waals surface area contributed by atoms with Gasteiger partial charge in [-0.1, -0.05) is 196 Å². The van der Waals surface area contributed by atoms with Gasteiger partial charge in [-0.25, -0.2) is 0 Å². The van der Waals surface area contributed by atoms with E-state index in [1.807, 2.05) is 108 Å². The van der Waals surface area contributed by atoms with Crippen molar-refractivity contribution in [2.75, 3.05) is 9.80 Å². The Labute approximate surface area is 437 Å². The third-order valence-electron chi connectivity index (χ3n) is 12.9. The van der Waals surface area contributed by atoms with Crippen LogP contribution in [0.5, 0.6) is 11.5 Å². The van der Waals surface area contributed by atoms with Gasteiger partial charge in [-0.15, -0.1) is 24.9 Å². The third-order valence-corrected chi connectivity index (χ3v) is 12.9. The first-order valence-corrected chi connectivity index (χ1v) is 24.1. The number of para-hydroxylation sites is 4. The maximum atomic E-state index is 10.8. The van der Waals surface area contributed by atoms with Crippen LogP contribution < -0.4 is 9.80 Å². The van der Waals surface area contributed by atoms with E-state index < -0.39 is 0 Å². The van der Waals surface area contributed by atoms with E-state index >= 15 is 0 Å². The van der Waals surface area contributed by atoms with Crippen molar-refractivity contribution in [3.8, 4) is 78.5 Å². The molecule has 0 amide bonds. The molecule has 11 rings (SSSR count). The van der Waals surface area contributed by atoms with Gasteiger partial charge in [-0.3, -0.25) is 9.97 Å². The molecule has 0 aliphatic carbocycles. The molecule has 1 aliphatic heterocycles. The molecule has 0 saturated carbocycles. The average Bonchev–Trinajstić information content (AvgIpc) is 3.80. The molecular weight excluding hydrogens is 1060 g/mol. The Morgan fingerprint density at radius 2 is 0.792 bits per heavy atom. The van der Waals surface area contributed by atoms with E-state index in [0.29, 0.717) is 23.2 Å². The molecule has 0 atom stereocenters. The molecule has 10 aromatic rings. The molecule has 6 nitrogen and oxygen atoms in total. The minimum atomic E-state index is 0. The molecule has 1 aliphatic rings. The molecule has 0 bridgehead atoms. The fraction of sp³-hybridized carbons (Fsp3) is 0.0923. The average molecular weight is 1120 g/mol. The van der Waals surface area contributed by atoms with E-state index in [0.717, 1.165) is 50.6 Å². The van der Waals surface area contributed by atoms with Crippen molar-refractivity contribution in [2.24, 2.45) is 0 Å². The predicted molar refractivity (Wildman–Crippen MR) is 293 cm³/mol. The van der Waals surface area contributed by atoms with Crippen molar-refractivity contribution in [3.63, 3.8) is 0 Å². The summed E-state index contributed by atoms with van der Waals surface area (Å²) in [5, 5.41) is 21.6. The van der Waals surface area contributed by atoms with Crippen LogP contribution in [0.25, 0.3) is 67.0 Å². The van der Waals surface area contributed by atoms with E-state index in [9.17, 15) is 10.2 Å². The van der Waals surface area contributed by atoms with Crippen LogP contribution in [-0.4, -0.2) is 20.2 Å². The minimum Gasteiger partial charge on any atom is -0.506 e. The van der Waals surface area contributed by atoms with Crippen LogP contribution in [0.4, 0.5) is 22.7 Å². The van der Waals surface area contributed by atoms with Crippen molar-refractivity contribution in [1.29, 1.82) is 0 Å². The zero-order chi connectivity index (χ0) is 48.8. The van der Waals surface area contributed by atoms with Gasteiger partial charge >= 0.3 is 0 Å². The largest absolute Gasteiger partial charge is 0.506 e. The molecule has 357 valence electrons. The van der Waals surface area contributed by atoms with Gasteiger partial charge in [0.05, 0.1) is 11.4 Å². The Balaban J connectivity index is 0.000000183. The number of rotatable bonds is 10. The van der Waals surface area contributed by atoms with E-state index in [-0.39, 0.29) is 31.6 Å². The van der Waals surface area contributed by atoms with Crippen LogP contribution in [0.2, 0.25) is 0 Å². The quantitative estimate of drug-likeness (QED) is 0.133. The first-order valence-electron chi connectivity index (χ1n) is 24.1. The number of pyridine rings is 2. The van der Waals surface area contributed by atoms with Crippen molar-refractivity contribution >= 4 is 22.7 Å². The summed E-state index contributed by atoms with van der Waals surface area (Å²) in [5.74, 6) is 1.02. The topological polar surface area (TPSA) is 72.7 Å². The standard InChI is InChI=1S/C37H35N2O2.C28H19N2.Ir/c1-24(2)29-20-28(26-12-6-5-7-13-26)21-30(25(3)4)37(29)27-18-19-31-34(22-27)39(33-15-9-11-17-36(33)41)23-38(31)32-14-8-10-16-35(32)40;1-2-8-21(9-3-1)22-12-14-23(15-13-22)24-18-25(27-10-4-6-16-29-27)20-26(19-24)28-11-5-7-17-30-28;/h5-25,40-41H,1-4H3;1-19H;/q2*-1;. The number of phenolic OH excluding ortho intramolecular Hbond substituents is 2. The molecule has 1 radical (unpaired) electrons. The number of hydrogen-bond acceptors (Lipinski definition) is 6. The van der Waals surface area contributed by atoms with Crippen LogP contribution in [-0.2, 0) is 20.1 Å². The first-order chi connectivity index (χ1) is 34.7. The van der Waals surface area contributed by atoms with Gasteiger partial charge in [0.1, 0.15) is 11.5 Å². The van der Waals surface area contributed by atoms with Crippen LogP contribution in [0, 0.1) is 12.7 Å². The monoisotopic (exact) mass is 1120 g/mol. The summed E-state index contributed by atoms with van der Waals surface area (Å²) in [4.78, 5) is 13.0. The van der Waals surface area contributed by atoms with E-state index in [1.165, 1.54) is 38.9 Å². The number of phenols is 2. The number of nitrogens with zero attached hydrogens (tertiary/aromatic N) is 4. The molecule has 0 fully saturated rings. The Morgan fingerprint density at radius 1 is 0.389 bits per heavy atom. The van der Waals surface area contributed by atoms with Gasteiger partial charge in [0.15, 0.2) is 0 Å². The van der Waals surface area contributed by atoms with E-state index in [1.54, 1.807) is 12.1 Å². The first kappa shape index (κ1) is 48.9. The second kappa shape index (κ2) is 21.9. The van der Waals surface area contributed by atoms with Crippen molar-refractivity contribution in [1.82, 2.24) is 9.97 Å². The molecule has 72 heavy (non-hydrogen) atoms. The number of anilines is 4. The Hall–Kier alpha value is -8.09. The minimum absolute atomic E-state index is 0. The van der Waals surface area contributed by atoms with Crippen LogP contribution >= 0.6 is 0 Å². The summed E-state index contributed by atoms with van der Waals surface area (Å²) >= 11 is 0. The van der Waals surface area contributed by atoms with Crippen molar-refractivity contribution in [2.45, 2.75) is 39.5 Å². The molecule has 0 spiro atoms. The molecule has 2 aromatic heterocycles. The van der Waals surface area contributed by atoms with Gasteiger partial charge in [-0.2, -0.15) is 0 Å². The normalized spacial score (nSPS) is 11.8. The maximum Gasteiger partial charge on any atom is 0.136 e. The molecular formula is C65H54IrN4O2-2. The second-order valence-corrected chi connectivity index (χ2v) is 18.3. The summed E-state index contributed by atoms with van der Waals surface area (Å²) < 4.78 is 0. The zero-order valence-corrected chi connectivity index (χ0v) is 43.0. The molecule has 2 N–H and O–H groups in total. The Morgan fingerprint density at radius 3 is 1.26 bits per heavy atom.